The van der Waals surface area contributed by atoms with Crippen LogP contribution in [0.25, 0.3) is 0 Å². The topological polar surface area (TPSA) is 75.7 Å². The summed E-state index contributed by atoms with van der Waals surface area (Å²) < 4.78 is 51.5. The maximum absolute atomic E-state index is 12.2. The summed E-state index contributed by atoms with van der Waals surface area (Å²) in [4.78, 5) is 13.6. The number of carbonyl (C=O) groups excluding carboxylic acids is 1. The van der Waals surface area contributed by atoms with Gasteiger partial charge in [0.15, 0.2) is 0 Å². The van der Waals surface area contributed by atoms with Gasteiger partial charge in [0.25, 0.3) is 0 Å². The molecule has 1 N–H and O–H groups in total. The first-order valence-corrected chi connectivity index (χ1v) is 8.32. The lowest BCUT2D eigenvalue weighted by Crippen LogP contribution is -2.36. The van der Waals surface area contributed by atoms with Gasteiger partial charge in [-0.05, 0) is 24.3 Å². The number of nitrogens with zero attached hydrogens (tertiary/aromatic N) is 1. The molecule has 1 aliphatic rings. The summed E-state index contributed by atoms with van der Waals surface area (Å²) in [6.45, 7) is 2.81. The van der Waals surface area contributed by atoms with Gasteiger partial charge in [-0.15, -0.1) is 0 Å². The highest BCUT2D eigenvalue weighted by Crippen LogP contribution is 2.19. The van der Waals surface area contributed by atoms with Crippen LogP contribution in [0.1, 0.15) is 0 Å². The van der Waals surface area contributed by atoms with Crippen LogP contribution < -0.4 is 10.2 Å². The van der Waals surface area contributed by atoms with Gasteiger partial charge in [-0.2, -0.15) is 8.78 Å². The molecule has 122 valence electrons. The molecule has 0 aliphatic carbocycles. The largest absolute Gasteiger partial charge is 0.378 e. The van der Waals surface area contributed by atoms with Gasteiger partial charge in [0, 0.05) is 24.5 Å². The third kappa shape index (κ3) is 4.38. The van der Waals surface area contributed by atoms with E-state index >= 15 is 0 Å². The summed E-state index contributed by atoms with van der Waals surface area (Å²) in [5.41, 5.74) is 1.30. The number of sulfone groups is 1. The monoisotopic (exact) mass is 334 g/mol. The van der Waals surface area contributed by atoms with Crippen molar-refractivity contribution in [2.24, 2.45) is 0 Å². The predicted molar refractivity (Wildman–Crippen MR) is 77.9 cm³/mol. The quantitative estimate of drug-likeness (QED) is 0.873. The third-order valence-corrected chi connectivity index (χ3v) is 4.34. The van der Waals surface area contributed by atoms with Crippen molar-refractivity contribution in [2.75, 3.05) is 42.3 Å². The number of nitrogens with one attached hydrogen (secondary N) is 1. The van der Waals surface area contributed by atoms with E-state index in [1.54, 1.807) is 24.3 Å². The van der Waals surface area contributed by atoms with Crippen LogP contribution in [0.4, 0.5) is 20.2 Å². The first-order valence-electron chi connectivity index (χ1n) is 6.61. The highest BCUT2D eigenvalue weighted by atomic mass is 32.2. The molecule has 1 aliphatic heterocycles. The number of hydrogen-bond donors (Lipinski definition) is 1. The molecular weight excluding hydrogens is 318 g/mol. The Kier molecular flexibility index (Phi) is 5.30. The molecule has 1 saturated heterocycles. The number of morpholine rings is 1. The molecule has 2 rings (SSSR count). The zero-order valence-electron chi connectivity index (χ0n) is 11.7. The molecule has 0 radical (unpaired) electrons. The Morgan fingerprint density at radius 3 is 2.36 bits per heavy atom. The van der Waals surface area contributed by atoms with Crippen molar-refractivity contribution in [3.63, 3.8) is 0 Å². The highest BCUT2D eigenvalue weighted by molar-refractivity contribution is 7.92. The Balaban J connectivity index is 1.95. The van der Waals surface area contributed by atoms with Crippen molar-refractivity contribution in [1.82, 2.24) is 0 Å². The molecule has 0 atom stereocenters. The molecule has 1 aromatic carbocycles. The number of halogens is 2. The number of carbonyl (C=O) groups is 1. The molecule has 1 heterocycles. The lowest BCUT2D eigenvalue weighted by Gasteiger charge is -2.28. The second-order valence-corrected chi connectivity index (χ2v) is 6.73. The maximum Gasteiger partial charge on any atom is 0.337 e. The van der Waals surface area contributed by atoms with Crippen LogP contribution in [-0.2, 0) is 19.4 Å². The molecule has 0 saturated carbocycles. The standard InChI is InChI=1S/C13H16F2N2O4S/c14-13(15)22(19,20)9-12(18)16-10-1-3-11(4-2-10)17-5-7-21-8-6-17/h1-4,13H,5-9H2,(H,16,18). The van der Waals surface area contributed by atoms with E-state index < -0.39 is 27.3 Å². The second kappa shape index (κ2) is 7.01. The van der Waals surface area contributed by atoms with Crippen LogP contribution in [0.3, 0.4) is 0 Å². The fourth-order valence-corrected chi connectivity index (χ4v) is 2.58. The minimum Gasteiger partial charge on any atom is -0.378 e. The number of alkyl halides is 2. The van der Waals surface area contributed by atoms with E-state index in [1.807, 2.05) is 0 Å². The van der Waals surface area contributed by atoms with Crippen LogP contribution in [0.15, 0.2) is 24.3 Å². The number of rotatable bonds is 5. The molecule has 0 spiro atoms. The van der Waals surface area contributed by atoms with Gasteiger partial charge >= 0.3 is 5.76 Å². The lowest BCUT2D eigenvalue weighted by molar-refractivity contribution is -0.113. The van der Waals surface area contributed by atoms with E-state index in [2.05, 4.69) is 10.2 Å². The van der Waals surface area contributed by atoms with Crippen LogP contribution in [0, 0.1) is 0 Å². The average molecular weight is 334 g/mol. The highest BCUT2D eigenvalue weighted by Gasteiger charge is 2.27. The molecule has 0 aromatic heterocycles. The molecule has 1 amide bonds. The number of hydrogen-bond acceptors (Lipinski definition) is 5. The zero-order chi connectivity index (χ0) is 16.2. The van der Waals surface area contributed by atoms with E-state index in [0.29, 0.717) is 18.9 Å². The van der Waals surface area contributed by atoms with Crippen molar-refractivity contribution < 1.29 is 26.7 Å². The molecule has 9 heteroatoms. The zero-order valence-corrected chi connectivity index (χ0v) is 12.5. The molecular formula is C13H16F2N2O4S. The fourth-order valence-electron chi connectivity index (χ4n) is 2.02. The number of benzene rings is 1. The lowest BCUT2D eigenvalue weighted by atomic mass is 10.2. The molecule has 0 bridgehead atoms. The normalized spacial score (nSPS) is 15.9. The van der Waals surface area contributed by atoms with Crippen LogP contribution in [0.2, 0.25) is 0 Å². The van der Waals surface area contributed by atoms with Crippen LogP contribution in [-0.4, -0.2) is 52.1 Å². The first-order chi connectivity index (χ1) is 10.4. The fraction of sp³-hybridized carbons (Fsp3) is 0.462. The first kappa shape index (κ1) is 16.6. The van der Waals surface area contributed by atoms with Gasteiger partial charge in [0.1, 0.15) is 5.75 Å². The molecule has 1 aromatic rings. The Morgan fingerprint density at radius 2 is 1.82 bits per heavy atom. The van der Waals surface area contributed by atoms with Gasteiger partial charge in [-0.1, -0.05) is 0 Å². The summed E-state index contributed by atoms with van der Waals surface area (Å²) in [7, 11) is -4.71. The smallest absolute Gasteiger partial charge is 0.337 e. The van der Waals surface area contributed by atoms with E-state index in [4.69, 9.17) is 4.74 Å². The van der Waals surface area contributed by atoms with E-state index in [0.717, 1.165) is 18.8 Å². The summed E-state index contributed by atoms with van der Waals surface area (Å²) in [6.07, 6.45) is 0. The van der Waals surface area contributed by atoms with E-state index in [-0.39, 0.29) is 0 Å². The molecule has 22 heavy (non-hydrogen) atoms. The number of amides is 1. The Bertz CT molecular complexity index is 613. The number of anilines is 2. The minimum atomic E-state index is -4.71. The average Bonchev–Trinajstić information content (AvgIpc) is 2.48. The summed E-state index contributed by atoms with van der Waals surface area (Å²) in [5, 5.41) is 2.29. The SMILES string of the molecule is O=C(CS(=O)(=O)C(F)F)Nc1ccc(N2CCOCC2)cc1. The van der Waals surface area contributed by atoms with Crippen molar-refractivity contribution in [2.45, 2.75) is 5.76 Å². The third-order valence-electron chi connectivity index (χ3n) is 3.13. The van der Waals surface area contributed by atoms with E-state index in [9.17, 15) is 22.0 Å². The van der Waals surface area contributed by atoms with Gasteiger partial charge in [-0.25, -0.2) is 8.42 Å². The van der Waals surface area contributed by atoms with Crippen LogP contribution in [0.5, 0.6) is 0 Å². The van der Waals surface area contributed by atoms with Crippen molar-refractivity contribution in [3.05, 3.63) is 24.3 Å². The van der Waals surface area contributed by atoms with Gasteiger partial charge < -0.3 is 15.0 Å². The van der Waals surface area contributed by atoms with Crippen LogP contribution >= 0.6 is 0 Å². The summed E-state index contributed by atoms with van der Waals surface area (Å²) in [5.74, 6) is -5.78. The Hall–Kier alpha value is -1.74. The number of ether oxygens (including phenoxy) is 1. The predicted octanol–water partition coefficient (Wildman–Crippen LogP) is 1.10. The second-order valence-electron chi connectivity index (χ2n) is 4.76. The van der Waals surface area contributed by atoms with E-state index in [1.165, 1.54) is 0 Å². The Labute approximate surface area is 127 Å². The minimum absolute atomic E-state index is 0.353. The Morgan fingerprint density at radius 1 is 1.23 bits per heavy atom. The molecule has 6 nitrogen and oxygen atoms in total. The molecule has 0 unspecified atom stereocenters. The van der Waals surface area contributed by atoms with Gasteiger partial charge in [0.05, 0.1) is 13.2 Å². The maximum atomic E-state index is 12.2. The summed E-state index contributed by atoms with van der Waals surface area (Å²) in [6, 6.07) is 6.72. The molecule has 1 fully saturated rings. The summed E-state index contributed by atoms with van der Waals surface area (Å²) >= 11 is 0. The van der Waals surface area contributed by atoms with Gasteiger partial charge in [0.2, 0.25) is 15.7 Å². The van der Waals surface area contributed by atoms with Crippen molar-refractivity contribution >= 4 is 27.1 Å². The van der Waals surface area contributed by atoms with Crippen molar-refractivity contribution in [3.8, 4) is 0 Å². The van der Waals surface area contributed by atoms with Crippen molar-refractivity contribution in [1.29, 1.82) is 0 Å². The van der Waals surface area contributed by atoms with Gasteiger partial charge in [-0.3, -0.25) is 4.79 Å².